The van der Waals surface area contributed by atoms with Gasteiger partial charge in [0.05, 0.1) is 0 Å². The second-order valence-corrected chi connectivity index (χ2v) is 5.41. The van der Waals surface area contributed by atoms with Crippen molar-refractivity contribution in [3.8, 4) is 0 Å². The van der Waals surface area contributed by atoms with Gasteiger partial charge in [0, 0.05) is 30.7 Å². The van der Waals surface area contributed by atoms with Crippen LogP contribution in [0.5, 0.6) is 0 Å². The molecule has 1 N–H and O–H groups in total. The minimum absolute atomic E-state index is 0.0949. The van der Waals surface area contributed by atoms with E-state index in [4.69, 9.17) is 0 Å². The van der Waals surface area contributed by atoms with Crippen molar-refractivity contribution in [1.82, 2.24) is 10.2 Å². The Morgan fingerprint density at radius 3 is 2.78 bits per heavy atom. The summed E-state index contributed by atoms with van der Waals surface area (Å²) in [5, 5.41) is 3.51. The van der Waals surface area contributed by atoms with Crippen molar-refractivity contribution in [3.63, 3.8) is 0 Å². The highest BCUT2D eigenvalue weighted by Crippen LogP contribution is 2.15. The van der Waals surface area contributed by atoms with Gasteiger partial charge in [-0.1, -0.05) is 18.2 Å². The molecule has 1 unspecified atom stereocenters. The average molecular weight is 250 g/mol. The van der Waals surface area contributed by atoms with Crippen LogP contribution in [0.1, 0.15) is 32.3 Å². The molecule has 1 atom stereocenters. The molecule has 0 spiro atoms. The van der Waals surface area contributed by atoms with Gasteiger partial charge in [0.1, 0.15) is 5.82 Å². The first-order valence-corrected chi connectivity index (χ1v) is 6.87. The summed E-state index contributed by atoms with van der Waals surface area (Å²) in [4.78, 5) is 2.35. The van der Waals surface area contributed by atoms with E-state index in [0.29, 0.717) is 18.6 Å². The number of hydrogen-bond acceptors (Lipinski definition) is 2. The summed E-state index contributed by atoms with van der Waals surface area (Å²) in [6.45, 7) is 7.18. The Labute approximate surface area is 109 Å². The standard InChI is InChI=1S/C15H23FN2/c1-12(2)18(11-14-7-5-9-17-14)10-13-6-3-4-8-15(13)16/h3-4,6,8,12,14,17H,5,7,9-11H2,1-2H3. The van der Waals surface area contributed by atoms with Crippen molar-refractivity contribution in [2.24, 2.45) is 0 Å². The van der Waals surface area contributed by atoms with Crippen molar-refractivity contribution < 1.29 is 4.39 Å². The first-order chi connectivity index (χ1) is 8.66. The van der Waals surface area contributed by atoms with Crippen molar-refractivity contribution >= 4 is 0 Å². The van der Waals surface area contributed by atoms with Crippen LogP contribution in [0.25, 0.3) is 0 Å². The second-order valence-electron chi connectivity index (χ2n) is 5.41. The topological polar surface area (TPSA) is 15.3 Å². The minimum Gasteiger partial charge on any atom is -0.313 e. The summed E-state index contributed by atoms with van der Waals surface area (Å²) in [7, 11) is 0. The third-order valence-electron chi connectivity index (χ3n) is 3.68. The Morgan fingerprint density at radius 1 is 1.39 bits per heavy atom. The van der Waals surface area contributed by atoms with Gasteiger partial charge in [-0.15, -0.1) is 0 Å². The molecule has 2 nitrogen and oxygen atoms in total. The Bertz CT molecular complexity index is 373. The Kier molecular flexibility index (Phi) is 4.72. The molecule has 2 rings (SSSR count). The van der Waals surface area contributed by atoms with Crippen LogP contribution in [0.4, 0.5) is 4.39 Å². The lowest BCUT2D eigenvalue weighted by molar-refractivity contribution is 0.192. The molecule has 0 radical (unpaired) electrons. The van der Waals surface area contributed by atoms with Crippen LogP contribution in [0.15, 0.2) is 24.3 Å². The normalized spacial score (nSPS) is 19.9. The van der Waals surface area contributed by atoms with Crippen molar-refractivity contribution in [1.29, 1.82) is 0 Å². The maximum Gasteiger partial charge on any atom is 0.127 e. The molecule has 0 aromatic heterocycles. The zero-order chi connectivity index (χ0) is 13.0. The molecule has 100 valence electrons. The summed E-state index contributed by atoms with van der Waals surface area (Å²) in [6.07, 6.45) is 2.50. The van der Waals surface area contributed by atoms with E-state index >= 15 is 0 Å². The van der Waals surface area contributed by atoms with Crippen molar-refractivity contribution in [2.75, 3.05) is 13.1 Å². The summed E-state index contributed by atoms with van der Waals surface area (Å²) in [5.74, 6) is -0.0949. The number of benzene rings is 1. The van der Waals surface area contributed by atoms with Crippen LogP contribution in [-0.4, -0.2) is 30.1 Å². The maximum absolute atomic E-state index is 13.7. The Morgan fingerprint density at radius 2 is 2.17 bits per heavy atom. The summed E-state index contributed by atoms with van der Waals surface area (Å²) in [6, 6.07) is 8.09. The van der Waals surface area contributed by atoms with Crippen LogP contribution in [0, 0.1) is 5.82 Å². The smallest absolute Gasteiger partial charge is 0.127 e. The number of nitrogens with one attached hydrogen (secondary N) is 1. The molecular weight excluding hydrogens is 227 g/mol. The SMILES string of the molecule is CC(C)N(Cc1ccccc1F)CC1CCCN1. The van der Waals surface area contributed by atoms with Crippen LogP contribution in [-0.2, 0) is 6.54 Å². The lowest BCUT2D eigenvalue weighted by Gasteiger charge is -2.29. The van der Waals surface area contributed by atoms with Crippen molar-refractivity contribution in [2.45, 2.75) is 45.3 Å². The second kappa shape index (κ2) is 6.30. The molecular formula is C15H23FN2. The van der Waals surface area contributed by atoms with Crippen LogP contribution < -0.4 is 5.32 Å². The highest BCUT2D eigenvalue weighted by molar-refractivity contribution is 5.17. The zero-order valence-corrected chi connectivity index (χ0v) is 11.3. The van der Waals surface area contributed by atoms with E-state index < -0.39 is 0 Å². The van der Waals surface area contributed by atoms with Crippen LogP contribution in [0.3, 0.4) is 0 Å². The first kappa shape index (κ1) is 13.5. The molecule has 1 aromatic rings. The molecule has 1 aromatic carbocycles. The van der Waals surface area contributed by atoms with E-state index in [9.17, 15) is 4.39 Å². The average Bonchev–Trinajstić information content (AvgIpc) is 2.83. The Hall–Kier alpha value is -0.930. The Balaban J connectivity index is 1.99. The maximum atomic E-state index is 13.7. The quantitative estimate of drug-likeness (QED) is 0.864. The largest absolute Gasteiger partial charge is 0.313 e. The van der Waals surface area contributed by atoms with Gasteiger partial charge >= 0.3 is 0 Å². The first-order valence-electron chi connectivity index (χ1n) is 6.87. The monoisotopic (exact) mass is 250 g/mol. The predicted octanol–water partition coefficient (Wildman–Crippen LogP) is 2.79. The highest BCUT2D eigenvalue weighted by Gasteiger charge is 2.20. The number of hydrogen-bond donors (Lipinski definition) is 1. The van der Waals surface area contributed by atoms with Gasteiger partial charge in [-0.25, -0.2) is 4.39 Å². The van der Waals surface area contributed by atoms with E-state index in [1.54, 1.807) is 12.1 Å². The fraction of sp³-hybridized carbons (Fsp3) is 0.600. The lowest BCUT2D eigenvalue weighted by Crippen LogP contribution is -2.40. The molecule has 0 aliphatic carbocycles. The van der Waals surface area contributed by atoms with Gasteiger partial charge < -0.3 is 5.32 Å². The third kappa shape index (κ3) is 3.53. The van der Waals surface area contributed by atoms with Gasteiger partial charge in [-0.2, -0.15) is 0 Å². The van der Waals surface area contributed by atoms with Gasteiger partial charge in [0.2, 0.25) is 0 Å². The molecule has 1 aliphatic heterocycles. The van der Waals surface area contributed by atoms with Crippen LogP contribution >= 0.6 is 0 Å². The third-order valence-corrected chi connectivity index (χ3v) is 3.68. The van der Waals surface area contributed by atoms with E-state index in [-0.39, 0.29) is 5.82 Å². The molecule has 1 fully saturated rings. The molecule has 1 aliphatic rings. The van der Waals surface area contributed by atoms with Gasteiger partial charge in [0.25, 0.3) is 0 Å². The molecule has 0 saturated carbocycles. The fourth-order valence-electron chi connectivity index (χ4n) is 2.50. The lowest BCUT2D eigenvalue weighted by atomic mass is 10.1. The zero-order valence-electron chi connectivity index (χ0n) is 11.3. The fourth-order valence-corrected chi connectivity index (χ4v) is 2.50. The molecule has 3 heteroatoms. The minimum atomic E-state index is -0.0949. The molecule has 1 saturated heterocycles. The van der Waals surface area contributed by atoms with Gasteiger partial charge in [0.15, 0.2) is 0 Å². The van der Waals surface area contributed by atoms with E-state index in [2.05, 4.69) is 24.1 Å². The summed E-state index contributed by atoms with van der Waals surface area (Å²) >= 11 is 0. The predicted molar refractivity (Wildman–Crippen MR) is 73.0 cm³/mol. The number of nitrogens with zero attached hydrogens (tertiary/aromatic N) is 1. The molecule has 0 bridgehead atoms. The van der Waals surface area contributed by atoms with Gasteiger partial charge in [-0.05, 0) is 39.3 Å². The summed E-state index contributed by atoms with van der Waals surface area (Å²) in [5.41, 5.74) is 0.796. The summed E-state index contributed by atoms with van der Waals surface area (Å²) < 4.78 is 13.7. The molecule has 1 heterocycles. The number of rotatable bonds is 5. The van der Waals surface area contributed by atoms with Gasteiger partial charge in [-0.3, -0.25) is 4.90 Å². The van der Waals surface area contributed by atoms with Crippen LogP contribution in [0.2, 0.25) is 0 Å². The highest BCUT2D eigenvalue weighted by atomic mass is 19.1. The van der Waals surface area contributed by atoms with E-state index in [1.165, 1.54) is 12.8 Å². The van der Waals surface area contributed by atoms with E-state index in [0.717, 1.165) is 18.7 Å². The molecule has 0 amide bonds. The van der Waals surface area contributed by atoms with E-state index in [1.807, 2.05) is 12.1 Å². The number of halogens is 1. The molecule has 18 heavy (non-hydrogen) atoms. The van der Waals surface area contributed by atoms with Crippen molar-refractivity contribution in [3.05, 3.63) is 35.6 Å².